The van der Waals surface area contributed by atoms with E-state index in [0.717, 1.165) is 21.8 Å². The van der Waals surface area contributed by atoms with E-state index in [9.17, 15) is 4.79 Å². The summed E-state index contributed by atoms with van der Waals surface area (Å²) >= 11 is 1.45. The lowest BCUT2D eigenvalue weighted by Gasteiger charge is -2.13. The number of rotatable bonds is 3. The fourth-order valence-electron chi connectivity index (χ4n) is 2.11. The Labute approximate surface area is 122 Å². The van der Waals surface area contributed by atoms with Crippen molar-refractivity contribution in [1.82, 2.24) is 4.90 Å². The number of carbonyl (C=O) groups is 1. The number of hydrogen-bond acceptors (Lipinski definition) is 4. The van der Waals surface area contributed by atoms with Crippen molar-refractivity contribution in [2.45, 2.75) is 6.92 Å². The van der Waals surface area contributed by atoms with Gasteiger partial charge in [-0.25, -0.2) is 0 Å². The third-order valence-corrected chi connectivity index (χ3v) is 4.04. The van der Waals surface area contributed by atoms with Gasteiger partial charge in [-0.2, -0.15) is 0 Å². The van der Waals surface area contributed by atoms with Gasteiger partial charge in [-0.1, -0.05) is 12.1 Å². The molecule has 1 aromatic heterocycles. The van der Waals surface area contributed by atoms with Gasteiger partial charge in [0, 0.05) is 24.5 Å². The molecule has 106 valence electrons. The van der Waals surface area contributed by atoms with E-state index in [4.69, 9.17) is 10.5 Å². The predicted octanol–water partition coefficient (Wildman–Crippen LogP) is 3.02. The average Bonchev–Trinajstić information content (AvgIpc) is 2.72. The molecule has 0 bridgehead atoms. The van der Waals surface area contributed by atoms with Crippen molar-refractivity contribution in [2.24, 2.45) is 0 Å². The van der Waals surface area contributed by atoms with E-state index >= 15 is 0 Å². The summed E-state index contributed by atoms with van der Waals surface area (Å²) in [7, 11) is 5.09. The summed E-state index contributed by atoms with van der Waals surface area (Å²) in [6.45, 7) is 1.98. The van der Waals surface area contributed by atoms with Crippen LogP contribution in [0.1, 0.15) is 15.2 Å². The molecule has 0 aliphatic rings. The molecule has 5 heteroatoms. The normalized spacial score (nSPS) is 10.4. The summed E-state index contributed by atoms with van der Waals surface area (Å²) in [4.78, 5) is 14.9. The second-order valence-electron chi connectivity index (χ2n) is 4.70. The molecule has 0 radical (unpaired) electrons. The van der Waals surface area contributed by atoms with Gasteiger partial charge < -0.3 is 15.4 Å². The van der Waals surface area contributed by atoms with Gasteiger partial charge in [-0.15, -0.1) is 11.3 Å². The zero-order chi connectivity index (χ0) is 14.9. The first-order valence-electron chi connectivity index (χ1n) is 6.20. The van der Waals surface area contributed by atoms with Gasteiger partial charge in [0.1, 0.15) is 5.75 Å². The Morgan fingerprint density at radius 1 is 1.25 bits per heavy atom. The number of nitrogens with zero attached hydrogens (tertiary/aromatic N) is 1. The molecule has 1 amide bonds. The van der Waals surface area contributed by atoms with Gasteiger partial charge in [0.25, 0.3) is 5.91 Å². The monoisotopic (exact) mass is 290 g/mol. The average molecular weight is 290 g/mol. The highest BCUT2D eigenvalue weighted by Crippen LogP contribution is 2.39. The van der Waals surface area contributed by atoms with E-state index in [2.05, 4.69) is 0 Å². The lowest BCUT2D eigenvalue weighted by Crippen LogP contribution is -2.22. The highest BCUT2D eigenvalue weighted by Gasteiger charge is 2.22. The van der Waals surface area contributed by atoms with Crippen LogP contribution in [0.15, 0.2) is 24.3 Å². The summed E-state index contributed by atoms with van der Waals surface area (Å²) in [5, 5.41) is 0.562. The van der Waals surface area contributed by atoms with Crippen molar-refractivity contribution in [1.29, 1.82) is 0 Å². The number of aryl methyl sites for hydroxylation is 1. The molecule has 20 heavy (non-hydrogen) atoms. The quantitative estimate of drug-likeness (QED) is 0.945. The fraction of sp³-hybridized carbons (Fsp3) is 0.267. The third-order valence-electron chi connectivity index (χ3n) is 3.11. The number of nitrogen functional groups attached to an aromatic ring is 1. The second-order valence-corrected chi connectivity index (χ2v) is 5.96. The molecule has 1 aromatic carbocycles. The molecular weight excluding hydrogens is 272 g/mol. The maximum absolute atomic E-state index is 12.3. The Balaban J connectivity index is 2.57. The number of hydrogen-bond donors (Lipinski definition) is 1. The minimum Gasteiger partial charge on any atom is -0.497 e. The SMILES string of the molecule is COc1ccc(-c2c(C)sc(N)c2C(=O)N(C)C)cc1. The molecule has 0 saturated carbocycles. The maximum atomic E-state index is 12.3. The van der Waals surface area contributed by atoms with Crippen molar-refractivity contribution in [3.05, 3.63) is 34.7 Å². The highest BCUT2D eigenvalue weighted by molar-refractivity contribution is 7.16. The number of amides is 1. The van der Waals surface area contributed by atoms with Gasteiger partial charge in [-0.05, 0) is 24.6 Å². The molecular formula is C15H18N2O2S. The lowest BCUT2D eigenvalue weighted by atomic mass is 10.0. The fourth-order valence-corrected chi connectivity index (χ4v) is 3.05. The number of carbonyl (C=O) groups excluding carboxylic acids is 1. The molecule has 2 rings (SSSR count). The summed E-state index contributed by atoms with van der Waals surface area (Å²) in [6.07, 6.45) is 0. The van der Waals surface area contributed by atoms with E-state index < -0.39 is 0 Å². The van der Waals surface area contributed by atoms with Crippen LogP contribution in [0.2, 0.25) is 0 Å². The highest BCUT2D eigenvalue weighted by atomic mass is 32.1. The van der Waals surface area contributed by atoms with Crippen molar-refractivity contribution in [2.75, 3.05) is 26.9 Å². The lowest BCUT2D eigenvalue weighted by molar-refractivity contribution is 0.0829. The predicted molar refractivity (Wildman–Crippen MR) is 83.5 cm³/mol. The van der Waals surface area contributed by atoms with Crippen LogP contribution >= 0.6 is 11.3 Å². The van der Waals surface area contributed by atoms with Gasteiger partial charge in [0.2, 0.25) is 0 Å². The van der Waals surface area contributed by atoms with Crippen LogP contribution < -0.4 is 10.5 Å². The molecule has 4 nitrogen and oxygen atoms in total. The number of benzene rings is 1. The molecule has 0 fully saturated rings. The summed E-state index contributed by atoms with van der Waals surface area (Å²) < 4.78 is 5.16. The summed E-state index contributed by atoms with van der Waals surface area (Å²) in [6, 6.07) is 7.65. The van der Waals surface area contributed by atoms with Crippen molar-refractivity contribution in [3.8, 4) is 16.9 Å². The number of anilines is 1. The molecule has 0 aliphatic carbocycles. The molecule has 0 aliphatic heterocycles. The molecule has 2 N–H and O–H groups in total. The maximum Gasteiger partial charge on any atom is 0.256 e. The molecule has 0 saturated heterocycles. The van der Waals surface area contributed by atoms with Crippen LogP contribution in [-0.4, -0.2) is 32.0 Å². The molecule has 1 heterocycles. The topological polar surface area (TPSA) is 55.6 Å². The van der Waals surface area contributed by atoms with E-state index in [1.807, 2.05) is 31.2 Å². The number of ether oxygens (including phenoxy) is 1. The largest absolute Gasteiger partial charge is 0.497 e. The Bertz CT molecular complexity index is 630. The van der Waals surface area contributed by atoms with Crippen LogP contribution in [0, 0.1) is 6.92 Å². The van der Waals surface area contributed by atoms with Gasteiger partial charge in [0.05, 0.1) is 17.7 Å². The Morgan fingerprint density at radius 3 is 2.35 bits per heavy atom. The Morgan fingerprint density at radius 2 is 1.85 bits per heavy atom. The van der Waals surface area contributed by atoms with E-state index in [1.54, 1.807) is 26.1 Å². The van der Waals surface area contributed by atoms with Gasteiger partial charge in [-0.3, -0.25) is 4.79 Å². The third kappa shape index (κ3) is 2.49. The van der Waals surface area contributed by atoms with E-state index in [1.165, 1.54) is 11.3 Å². The van der Waals surface area contributed by atoms with Crippen molar-refractivity contribution < 1.29 is 9.53 Å². The zero-order valence-electron chi connectivity index (χ0n) is 12.1. The summed E-state index contributed by atoms with van der Waals surface area (Å²) in [5.74, 6) is 0.716. The summed E-state index contributed by atoms with van der Waals surface area (Å²) in [5.41, 5.74) is 8.49. The zero-order valence-corrected chi connectivity index (χ0v) is 12.9. The first kappa shape index (κ1) is 14.4. The van der Waals surface area contributed by atoms with Crippen LogP contribution in [0.5, 0.6) is 5.75 Å². The minimum absolute atomic E-state index is 0.0716. The first-order chi connectivity index (χ1) is 9.45. The second kappa shape index (κ2) is 5.54. The minimum atomic E-state index is -0.0716. The van der Waals surface area contributed by atoms with Crippen molar-refractivity contribution in [3.63, 3.8) is 0 Å². The standard InChI is InChI=1S/C15H18N2O2S/c1-9-12(10-5-7-11(19-4)8-6-10)13(14(16)20-9)15(18)17(2)3/h5-8H,16H2,1-4H3. The smallest absolute Gasteiger partial charge is 0.256 e. The first-order valence-corrected chi connectivity index (χ1v) is 7.02. The van der Waals surface area contributed by atoms with Crippen LogP contribution in [0.4, 0.5) is 5.00 Å². The number of thiophene rings is 1. The van der Waals surface area contributed by atoms with Crippen molar-refractivity contribution >= 4 is 22.2 Å². The van der Waals surface area contributed by atoms with Gasteiger partial charge in [0.15, 0.2) is 0 Å². The van der Waals surface area contributed by atoms with E-state index in [-0.39, 0.29) is 5.91 Å². The molecule has 0 atom stereocenters. The number of nitrogens with two attached hydrogens (primary N) is 1. The van der Waals surface area contributed by atoms with E-state index in [0.29, 0.717) is 10.6 Å². The Kier molecular flexibility index (Phi) is 3.99. The van der Waals surface area contributed by atoms with Crippen LogP contribution in [0.3, 0.4) is 0 Å². The van der Waals surface area contributed by atoms with Crippen LogP contribution in [0.25, 0.3) is 11.1 Å². The Hall–Kier alpha value is -2.01. The molecule has 0 spiro atoms. The van der Waals surface area contributed by atoms with Gasteiger partial charge >= 0.3 is 0 Å². The molecule has 0 unspecified atom stereocenters. The van der Waals surface area contributed by atoms with Crippen LogP contribution in [-0.2, 0) is 0 Å². The number of methoxy groups -OCH3 is 1. The molecule has 2 aromatic rings.